The van der Waals surface area contributed by atoms with Gasteiger partial charge in [-0.3, -0.25) is 4.98 Å². The molecule has 2 heterocycles. The molecule has 5 aromatic rings. The van der Waals surface area contributed by atoms with E-state index in [1.165, 1.54) is 0 Å². The molecule has 0 fully saturated rings. The number of hydrogen-bond donors (Lipinski definition) is 0. The summed E-state index contributed by atoms with van der Waals surface area (Å²) in [5, 5.41) is 9.14. The molecule has 0 amide bonds. The van der Waals surface area contributed by atoms with Crippen molar-refractivity contribution in [3.05, 3.63) is 107 Å². The number of benzene rings is 3. The molecule has 34 heavy (non-hydrogen) atoms. The fourth-order valence-corrected chi connectivity index (χ4v) is 4.20. The van der Waals surface area contributed by atoms with E-state index in [1.54, 1.807) is 18.3 Å². The highest BCUT2D eigenvalue weighted by Crippen LogP contribution is 2.30. The maximum absolute atomic E-state index is 9.14. The Hall–Kier alpha value is -4.08. The summed E-state index contributed by atoms with van der Waals surface area (Å²) >= 11 is 3.52. The third-order valence-corrected chi connectivity index (χ3v) is 5.85. The molecule has 4 nitrogen and oxygen atoms in total. The van der Waals surface area contributed by atoms with Gasteiger partial charge < -0.3 is 0 Å². The summed E-state index contributed by atoms with van der Waals surface area (Å²) in [6, 6.07) is 29.3. The van der Waals surface area contributed by atoms with Gasteiger partial charge in [0, 0.05) is 33.6 Å². The van der Waals surface area contributed by atoms with Crippen LogP contribution in [-0.4, -0.2) is 22.8 Å². The van der Waals surface area contributed by atoms with Crippen molar-refractivity contribution in [1.29, 1.82) is 5.26 Å². The zero-order chi connectivity index (χ0) is 23.5. The second-order valence-corrected chi connectivity index (χ2v) is 8.66. The van der Waals surface area contributed by atoms with Gasteiger partial charge in [-0.15, -0.1) is 0 Å². The topological polar surface area (TPSA) is 62.5 Å². The van der Waals surface area contributed by atoms with Crippen LogP contribution in [0.3, 0.4) is 0 Å². The molecule has 5 rings (SSSR count). The summed E-state index contributed by atoms with van der Waals surface area (Å²) in [7, 11) is 6.09. The van der Waals surface area contributed by atoms with Crippen molar-refractivity contribution in [3.63, 3.8) is 0 Å². The van der Waals surface area contributed by atoms with Crippen LogP contribution in [0.5, 0.6) is 0 Å². The minimum atomic E-state index is 0.576. The fourth-order valence-electron chi connectivity index (χ4n) is 3.69. The molecule has 2 radical (unpaired) electrons. The van der Waals surface area contributed by atoms with E-state index >= 15 is 0 Å². The van der Waals surface area contributed by atoms with E-state index in [1.807, 2.05) is 66.9 Å². The van der Waals surface area contributed by atoms with Crippen LogP contribution in [0, 0.1) is 11.3 Å². The fraction of sp³-hybridized carbons (Fsp3) is 0. The molecule has 0 unspecified atom stereocenters. The molecule has 0 aliphatic heterocycles. The first kappa shape index (κ1) is 21.8. The Morgan fingerprint density at radius 3 is 2.03 bits per heavy atom. The molecule has 6 heteroatoms. The van der Waals surface area contributed by atoms with Crippen molar-refractivity contribution in [3.8, 4) is 51.1 Å². The first-order chi connectivity index (χ1) is 16.6. The predicted molar refractivity (Wildman–Crippen MR) is 139 cm³/mol. The van der Waals surface area contributed by atoms with E-state index in [9.17, 15) is 0 Å². The van der Waals surface area contributed by atoms with Gasteiger partial charge in [-0.1, -0.05) is 63.9 Å². The standard InChI is InChI=1S/C28H16BBrN4/c29-24-12-23(13-25(30)14-24)27-15-26(33-28(34-27)21-5-3-18(16-31)4-6-21)20-9-7-19(8-10-20)22-2-1-11-32-17-22/h1-15,17H. The van der Waals surface area contributed by atoms with Crippen LogP contribution in [0.15, 0.2) is 102 Å². The molecule has 158 valence electrons. The van der Waals surface area contributed by atoms with Crippen LogP contribution >= 0.6 is 15.9 Å². The predicted octanol–water partition coefficient (Wildman–Crippen LogP) is 5.97. The summed E-state index contributed by atoms with van der Waals surface area (Å²) in [4.78, 5) is 13.9. The molecule has 0 spiro atoms. The van der Waals surface area contributed by atoms with Crippen LogP contribution in [0.1, 0.15) is 5.56 Å². The number of nitriles is 1. The number of nitrogens with zero attached hydrogens (tertiary/aromatic N) is 4. The lowest BCUT2D eigenvalue weighted by Gasteiger charge is -2.11. The van der Waals surface area contributed by atoms with Crippen molar-refractivity contribution < 1.29 is 0 Å². The van der Waals surface area contributed by atoms with Gasteiger partial charge in [0.1, 0.15) is 7.85 Å². The van der Waals surface area contributed by atoms with Gasteiger partial charge in [0.05, 0.1) is 23.0 Å². The first-order valence-corrected chi connectivity index (χ1v) is 11.4. The Morgan fingerprint density at radius 1 is 0.706 bits per heavy atom. The van der Waals surface area contributed by atoms with E-state index < -0.39 is 0 Å². The van der Waals surface area contributed by atoms with E-state index in [0.29, 0.717) is 16.9 Å². The van der Waals surface area contributed by atoms with E-state index in [2.05, 4.69) is 39.1 Å². The highest BCUT2D eigenvalue weighted by atomic mass is 79.9. The quantitative estimate of drug-likeness (QED) is 0.286. The maximum atomic E-state index is 9.14. The minimum absolute atomic E-state index is 0.576. The van der Waals surface area contributed by atoms with Gasteiger partial charge in [-0.2, -0.15) is 5.26 Å². The summed E-state index contributed by atoms with van der Waals surface area (Å²) in [6.45, 7) is 0. The Bertz CT molecular complexity index is 1490. The molecule has 2 aromatic heterocycles. The second-order valence-electron chi connectivity index (χ2n) is 7.74. The second kappa shape index (κ2) is 9.42. The first-order valence-electron chi connectivity index (χ1n) is 10.6. The number of hydrogen-bond acceptors (Lipinski definition) is 4. The lowest BCUT2D eigenvalue weighted by molar-refractivity contribution is 1.18. The van der Waals surface area contributed by atoms with Crippen molar-refractivity contribution >= 4 is 29.2 Å². The van der Waals surface area contributed by atoms with Crippen molar-refractivity contribution in [2.75, 3.05) is 0 Å². The number of pyridine rings is 1. The number of aromatic nitrogens is 3. The average molecular weight is 499 g/mol. The Balaban J connectivity index is 1.63. The van der Waals surface area contributed by atoms with Crippen molar-refractivity contribution in [1.82, 2.24) is 15.0 Å². The van der Waals surface area contributed by atoms with Crippen LogP contribution in [0.2, 0.25) is 0 Å². The monoisotopic (exact) mass is 498 g/mol. The Kier molecular flexibility index (Phi) is 6.03. The Morgan fingerprint density at radius 2 is 1.38 bits per heavy atom. The van der Waals surface area contributed by atoms with Gasteiger partial charge in [0.25, 0.3) is 0 Å². The van der Waals surface area contributed by atoms with Crippen LogP contribution in [0.25, 0.3) is 45.0 Å². The molecule has 0 saturated carbocycles. The molecular formula is C28H16BBrN4. The average Bonchev–Trinajstić information content (AvgIpc) is 2.88. The summed E-state index contributed by atoms with van der Waals surface area (Å²) < 4.78 is 0.878. The van der Waals surface area contributed by atoms with E-state index in [4.69, 9.17) is 23.1 Å². The van der Waals surface area contributed by atoms with Crippen LogP contribution in [-0.2, 0) is 0 Å². The zero-order valence-electron chi connectivity index (χ0n) is 18.0. The molecule has 3 aromatic carbocycles. The number of halogens is 1. The molecule has 0 saturated heterocycles. The third-order valence-electron chi connectivity index (χ3n) is 5.39. The van der Waals surface area contributed by atoms with Gasteiger partial charge >= 0.3 is 0 Å². The van der Waals surface area contributed by atoms with Crippen LogP contribution in [0.4, 0.5) is 0 Å². The summed E-state index contributed by atoms with van der Waals surface area (Å²) in [6.07, 6.45) is 3.61. The van der Waals surface area contributed by atoms with Gasteiger partial charge in [-0.05, 0) is 53.6 Å². The number of rotatable bonds is 4. The molecule has 0 aliphatic carbocycles. The van der Waals surface area contributed by atoms with E-state index in [-0.39, 0.29) is 0 Å². The maximum Gasteiger partial charge on any atom is 0.160 e. The van der Waals surface area contributed by atoms with Crippen LogP contribution < -0.4 is 5.46 Å². The van der Waals surface area contributed by atoms with Gasteiger partial charge in [-0.25, -0.2) is 9.97 Å². The molecule has 0 N–H and O–H groups in total. The lowest BCUT2D eigenvalue weighted by Crippen LogP contribution is -2.03. The van der Waals surface area contributed by atoms with Crippen molar-refractivity contribution in [2.24, 2.45) is 0 Å². The van der Waals surface area contributed by atoms with E-state index in [0.717, 1.165) is 43.7 Å². The normalized spacial score (nSPS) is 10.6. The molecular weight excluding hydrogens is 483 g/mol. The largest absolute Gasteiger partial charge is 0.264 e. The SMILES string of the molecule is [B]c1cc(Br)cc(-c2cc(-c3ccc(-c4cccnc4)cc3)nc(-c3ccc(C#N)cc3)n2)c1. The smallest absolute Gasteiger partial charge is 0.160 e. The summed E-state index contributed by atoms with van der Waals surface area (Å²) in [5.74, 6) is 0.576. The highest BCUT2D eigenvalue weighted by molar-refractivity contribution is 9.10. The lowest BCUT2D eigenvalue weighted by atomic mass is 9.93. The molecule has 0 bridgehead atoms. The van der Waals surface area contributed by atoms with Gasteiger partial charge in [0.15, 0.2) is 5.82 Å². The molecule has 0 aliphatic rings. The minimum Gasteiger partial charge on any atom is -0.264 e. The highest BCUT2D eigenvalue weighted by Gasteiger charge is 2.12. The van der Waals surface area contributed by atoms with Gasteiger partial charge in [0.2, 0.25) is 0 Å². The van der Waals surface area contributed by atoms with Crippen molar-refractivity contribution in [2.45, 2.75) is 0 Å². The third kappa shape index (κ3) is 4.66. The Labute approximate surface area is 207 Å². The zero-order valence-corrected chi connectivity index (χ0v) is 19.6. The molecule has 0 atom stereocenters. The summed E-state index contributed by atoms with van der Waals surface area (Å²) in [5.41, 5.74) is 7.60.